The largest absolute Gasteiger partial charge is 0.353 e. The van der Waals surface area contributed by atoms with Gasteiger partial charge in [0.25, 0.3) is 0 Å². The molecule has 144 valence electrons. The summed E-state index contributed by atoms with van der Waals surface area (Å²) in [7, 11) is 0. The highest BCUT2D eigenvalue weighted by atomic mass is 32.1. The summed E-state index contributed by atoms with van der Waals surface area (Å²) in [5, 5.41) is 19.3. The van der Waals surface area contributed by atoms with Gasteiger partial charge in [0.2, 0.25) is 11.0 Å². The predicted octanol–water partition coefficient (Wildman–Crippen LogP) is 1.89. The minimum atomic E-state index is -0.275. The van der Waals surface area contributed by atoms with Crippen LogP contribution in [-0.2, 0) is 4.79 Å². The molecule has 3 heterocycles. The summed E-state index contributed by atoms with van der Waals surface area (Å²) in [6.45, 7) is 3.35. The molecule has 4 rings (SSSR count). The first-order valence-electron chi connectivity index (χ1n) is 8.80. The van der Waals surface area contributed by atoms with Crippen LogP contribution in [0.2, 0.25) is 0 Å². The third-order valence-corrected chi connectivity index (χ3v) is 5.07. The monoisotopic (exact) mass is 399 g/mol. The zero-order valence-electron chi connectivity index (χ0n) is 15.0. The highest BCUT2D eigenvalue weighted by Crippen LogP contribution is 2.19. The molecule has 0 bridgehead atoms. The lowest BCUT2D eigenvalue weighted by molar-refractivity contribution is -0.117. The molecule has 1 N–H and O–H groups in total. The molecule has 1 aliphatic heterocycles. The summed E-state index contributed by atoms with van der Waals surface area (Å²) in [6.07, 6.45) is 0. The topological polar surface area (TPSA) is 87.1 Å². The molecule has 0 spiro atoms. The Labute approximate surface area is 165 Å². The lowest BCUT2D eigenvalue weighted by atomic mass is 10.1. The van der Waals surface area contributed by atoms with Gasteiger partial charge < -0.3 is 4.90 Å². The molecule has 3 aromatic rings. The minimum absolute atomic E-state index is 0.0892. The van der Waals surface area contributed by atoms with Gasteiger partial charge in [-0.25, -0.2) is 4.39 Å². The van der Waals surface area contributed by atoms with E-state index in [1.54, 1.807) is 17.6 Å². The van der Waals surface area contributed by atoms with E-state index in [0.717, 1.165) is 37.6 Å². The number of piperazine rings is 1. The molecular weight excluding hydrogens is 381 g/mol. The molecule has 1 aliphatic rings. The molecule has 0 unspecified atom stereocenters. The maximum Gasteiger partial charge on any atom is 0.240 e. The van der Waals surface area contributed by atoms with E-state index in [2.05, 4.69) is 35.5 Å². The zero-order valence-corrected chi connectivity index (χ0v) is 15.8. The number of aromatic nitrogens is 4. The summed E-state index contributed by atoms with van der Waals surface area (Å²) < 4.78 is 13.0. The first-order chi connectivity index (χ1) is 13.7. The van der Waals surface area contributed by atoms with E-state index in [-0.39, 0.29) is 11.7 Å². The average Bonchev–Trinajstić information content (AvgIpc) is 3.22. The highest BCUT2D eigenvalue weighted by molar-refractivity contribution is 7.13. The number of hydrogen-bond acceptors (Lipinski definition) is 8. The van der Waals surface area contributed by atoms with E-state index < -0.39 is 0 Å². The van der Waals surface area contributed by atoms with Crippen molar-refractivity contribution in [1.82, 2.24) is 25.3 Å². The quantitative estimate of drug-likeness (QED) is 0.701. The second kappa shape index (κ2) is 8.36. The number of hydrogen-bond donors (Lipinski definition) is 1. The van der Waals surface area contributed by atoms with Crippen LogP contribution in [0, 0.1) is 5.82 Å². The first kappa shape index (κ1) is 18.4. The second-order valence-corrected chi connectivity index (χ2v) is 7.17. The van der Waals surface area contributed by atoms with Crippen LogP contribution in [0.15, 0.2) is 41.9 Å². The number of benzene rings is 1. The Balaban J connectivity index is 1.30. The third kappa shape index (κ3) is 4.46. The average molecular weight is 399 g/mol. The van der Waals surface area contributed by atoms with Crippen molar-refractivity contribution in [2.24, 2.45) is 0 Å². The Morgan fingerprint density at radius 3 is 2.46 bits per heavy atom. The molecule has 1 amide bonds. The molecule has 8 nitrogen and oxygen atoms in total. The van der Waals surface area contributed by atoms with E-state index in [1.807, 2.05) is 12.1 Å². The number of carbonyl (C=O) groups is 1. The lowest BCUT2D eigenvalue weighted by Crippen LogP contribution is -2.49. The van der Waals surface area contributed by atoms with Crippen molar-refractivity contribution < 1.29 is 9.18 Å². The maximum absolute atomic E-state index is 13.0. The Morgan fingerprint density at radius 1 is 1.04 bits per heavy atom. The van der Waals surface area contributed by atoms with Gasteiger partial charge in [0.05, 0.1) is 12.2 Å². The van der Waals surface area contributed by atoms with Gasteiger partial charge in [-0.15, -0.1) is 20.4 Å². The Bertz CT molecular complexity index is 910. The van der Waals surface area contributed by atoms with Crippen molar-refractivity contribution in [1.29, 1.82) is 0 Å². The summed E-state index contributed by atoms with van der Waals surface area (Å²) in [4.78, 5) is 16.3. The molecule has 1 saturated heterocycles. The summed E-state index contributed by atoms with van der Waals surface area (Å²) in [5.74, 6) is 0.431. The number of nitrogens with zero attached hydrogens (tertiary/aromatic N) is 6. The maximum atomic E-state index is 13.0. The SMILES string of the molecule is O=C(CN1CCN(c2ccc(-c3ccc(F)cc3)nn2)CC1)Nc1nncs1. The standard InChI is InChI=1S/C18H18FN7OS/c19-14-3-1-13(2-4-14)15-5-6-16(23-22-15)26-9-7-25(8-10-26)11-17(27)21-18-24-20-12-28-18/h1-6,12H,7-11H2,(H,21,24,27). The number of anilines is 2. The van der Waals surface area contributed by atoms with Gasteiger partial charge in [-0.3, -0.25) is 15.0 Å². The minimum Gasteiger partial charge on any atom is -0.353 e. The fourth-order valence-corrected chi connectivity index (χ4v) is 3.45. The fraction of sp³-hybridized carbons (Fsp3) is 0.278. The number of carbonyl (C=O) groups excluding carboxylic acids is 1. The van der Waals surface area contributed by atoms with Crippen LogP contribution in [0.5, 0.6) is 0 Å². The molecule has 1 fully saturated rings. The van der Waals surface area contributed by atoms with Crippen LogP contribution in [0.25, 0.3) is 11.3 Å². The van der Waals surface area contributed by atoms with Gasteiger partial charge in [0, 0.05) is 31.7 Å². The molecule has 0 saturated carbocycles. The second-order valence-electron chi connectivity index (χ2n) is 6.34. The summed E-state index contributed by atoms with van der Waals surface area (Å²) >= 11 is 1.30. The van der Waals surface area contributed by atoms with Gasteiger partial charge in [0.15, 0.2) is 5.82 Å². The third-order valence-electron chi connectivity index (χ3n) is 4.46. The van der Waals surface area contributed by atoms with E-state index in [9.17, 15) is 9.18 Å². The predicted molar refractivity (Wildman–Crippen MR) is 105 cm³/mol. The van der Waals surface area contributed by atoms with E-state index in [1.165, 1.54) is 23.5 Å². The van der Waals surface area contributed by atoms with Crippen molar-refractivity contribution in [2.45, 2.75) is 0 Å². The Hall–Kier alpha value is -2.98. The van der Waals surface area contributed by atoms with Crippen molar-refractivity contribution in [2.75, 3.05) is 42.9 Å². The number of nitrogens with one attached hydrogen (secondary N) is 1. The van der Waals surface area contributed by atoms with E-state index >= 15 is 0 Å². The van der Waals surface area contributed by atoms with Crippen LogP contribution in [0.3, 0.4) is 0 Å². The van der Waals surface area contributed by atoms with Crippen LogP contribution in [0.1, 0.15) is 0 Å². The molecule has 2 aromatic heterocycles. The Kier molecular flexibility index (Phi) is 5.49. The molecule has 28 heavy (non-hydrogen) atoms. The normalized spacial score (nSPS) is 14.8. The van der Waals surface area contributed by atoms with Gasteiger partial charge in [-0.05, 0) is 36.4 Å². The van der Waals surface area contributed by atoms with Crippen LogP contribution >= 0.6 is 11.3 Å². The van der Waals surface area contributed by atoms with Gasteiger partial charge >= 0.3 is 0 Å². The van der Waals surface area contributed by atoms with Gasteiger partial charge in [0.1, 0.15) is 11.3 Å². The lowest BCUT2D eigenvalue weighted by Gasteiger charge is -2.34. The number of amides is 1. The number of rotatable bonds is 5. The van der Waals surface area contributed by atoms with Gasteiger partial charge in [-0.2, -0.15) is 0 Å². The first-order valence-corrected chi connectivity index (χ1v) is 9.68. The van der Waals surface area contributed by atoms with E-state index in [4.69, 9.17) is 0 Å². The van der Waals surface area contributed by atoms with Crippen molar-refractivity contribution in [3.05, 3.63) is 47.7 Å². The Morgan fingerprint density at radius 2 is 1.82 bits per heavy atom. The molecule has 10 heteroatoms. The molecule has 0 atom stereocenters. The smallest absolute Gasteiger partial charge is 0.240 e. The van der Waals surface area contributed by atoms with E-state index in [0.29, 0.717) is 17.4 Å². The van der Waals surface area contributed by atoms with Crippen molar-refractivity contribution >= 4 is 28.2 Å². The molecular formula is C18H18FN7OS. The van der Waals surface area contributed by atoms with Crippen LogP contribution in [0.4, 0.5) is 15.3 Å². The number of halogens is 1. The highest BCUT2D eigenvalue weighted by Gasteiger charge is 2.20. The summed E-state index contributed by atoms with van der Waals surface area (Å²) in [5.41, 5.74) is 3.11. The zero-order chi connectivity index (χ0) is 19.3. The van der Waals surface area contributed by atoms with Crippen LogP contribution < -0.4 is 10.2 Å². The summed E-state index contributed by atoms with van der Waals surface area (Å²) in [6, 6.07) is 9.99. The molecule has 1 aromatic carbocycles. The fourth-order valence-electron chi connectivity index (χ4n) is 2.99. The molecule has 0 radical (unpaired) electrons. The van der Waals surface area contributed by atoms with Crippen molar-refractivity contribution in [3.8, 4) is 11.3 Å². The van der Waals surface area contributed by atoms with Gasteiger partial charge in [-0.1, -0.05) is 11.3 Å². The van der Waals surface area contributed by atoms with Crippen LogP contribution in [-0.4, -0.2) is 63.9 Å². The molecule has 0 aliphatic carbocycles. The van der Waals surface area contributed by atoms with Crippen molar-refractivity contribution in [3.63, 3.8) is 0 Å².